The van der Waals surface area contributed by atoms with E-state index in [1.807, 2.05) is 0 Å². The fourth-order valence-corrected chi connectivity index (χ4v) is 1.13. The summed E-state index contributed by atoms with van der Waals surface area (Å²) >= 11 is 0. The molecule has 0 aliphatic heterocycles. The molecule has 0 heterocycles. The molecule has 0 amide bonds. The Bertz CT molecular complexity index is 345. The van der Waals surface area contributed by atoms with E-state index in [2.05, 4.69) is 6.58 Å². The van der Waals surface area contributed by atoms with Gasteiger partial charge in [0.1, 0.15) is 0 Å². The van der Waals surface area contributed by atoms with Gasteiger partial charge in [0.05, 0.1) is 5.56 Å². The fraction of sp³-hybridized carbons (Fsp3) is 0.100. The highest BCUT2D eigenvalue weighted by molar-refractivity contribution is 5.89. The summed E-state index contributed by atoms with van der Waals surface area (Å²) in [5.74, 6) is -0.933. The minimum absolute atomic E-state index is 0.286. The number of carbonyl (C=O) groups is 1. The summed E-state index contributed by atoms with van der Waals surface area (Å²) in [4.78, 5) is 10.7. The molecule has 0 fully saturated rings. The highest BCUT2D eigenvalue weighted by atomic mass is 16.4. The van der Waals surface area contributed by atoms with Crippen molar-refractivity contribution in [3.8, 4) is 0 Å². The summed E-state index contributed by atoms with van der Waals surface area (Å²) in [6, 6.07) is 6.76. The van der Waals surface area contributed by atoms with Gasteiger partial charge in [-0.15, -0.1) is 0 Å². The molecule has 3 heteroatoms. The van der Waals surface area contributed by atoms with Gasteiger partial charge in [-0.2, -0.15) is 0 Å². The molecule has 1 rings (SSSR count). The average molecular weight is 177 g/mol. The van der Waals surface area contributed by atoms with Gasteiger partial charge in [0.2, 0.25) is 0 Å². The van der Waals surface area contributed by atoms with Crippen LogP contribution in [0.15, 0.2) is 36.5 Å². The summed E-state index contributed by atoms with van der Waals surface area (Å²) in [6.07, 6.45) is 0.405. The van der Waals surface area contributed by atoms with Crippen LogP contribution in [0.4, 0.5) is 0 Å². The van der Waals surface area contributed by atoms with E-state index in [9.17, 15) is 4.79 Å². The molecule has 1 aromatic rings. The maximum atomic E-state index is 10.7. The zero-order chi connectivity index (χ0) is 9.84. The number of carboxylic acid groups (broad SMARTS) is 1. The molecule has 3 nitrogen and oxygen atoms in total. The second kappa shape index (κ2) is 3.76. The Balaban J connectivity index is 3.04. The second-order valence-corrected chi connectivity index (χ2v) is 2.80. The lowest BCUT2D eigenvalue weighted by Gasteiger charge is -2.04. The summed E-state index contributed by atoms with van der Waals surface area (Å²) in [7, 11) is 0. The van der Waals surface area contributed by atoms with E-state index < -0.39 is 5.97 Å². The standard InChI is InChI=1S/C10H11NO2/c1-7(11)6-8-4-2-3-5-9(8)10(12)13/h2-5H,1,6,11H2,(H,12,13). The molecule has 0 unspecified atom stereocenters. The van der Waals surface area contributed by atoms with Crippen molar-refractivity contribution in [2.24, 2.45) is 5.73 Å². The smallest absolute Gasteiger partial charge is 0.335 e. The lowest BCUT2D eigenvalue weighted by molar-refractivity contribution is 0.0696. The molecule has 0 aliphatic rings. The Morgan fingerprint density at radius 3 is 2.62 bits per heavy atom. The molecule has 68 valence electrons. The quantitative estimate of drug-likeness (QED) is 0.733. The molecule has 0 aromatic heterocycles. The number of nitrogens with two attached hydrogens (primary N) is 1. The lowest BCUT2D eigenvalue weighted by Crippen LogP contribution is -2.06. The van der Waals surface area contributed by atoms with Crippen LogP contribution in [-0.2, 0) is 6.42 Å². The third kappa shape index (κ3) is 2.33. The van der Waals surface area contributed by atoms with Crippen molar-refractivity contribution in [1.29, 1.82) is 0 Å². The van der Waals surface area contributed by atoms with Gasteiger partial charge in [-0.25, -0.2) is 4.79 Å². The molecule has 0 saturated heterocycles. The minimum Gasteiger partial charge on any atom is -0.478 e. The van der Waals surface area contributed by atoms with Gasteiger partial charge >= 0.3 is 5.97 Å². The van der Waals surface area contributed by atoms with Crippen LogP contribution in [0.25, 0.3) is 0 Å². The molecule has 0 atom stereocenters. The van der Waals surface area contributed by atoms with Crippen molar-refractivity contribution in [2.45, 2.75) is 6.42 Å². The van der Waals surface area contributed by atoms with E-state index in [0.29, 0.717) is 17.7 Å². The van der Waals surface area contributed by atoms with Crippen LogP contribution in [0.3, 0.4) is 0 Å². The van der Waals surface area contributed by atoms with E-state index in [-0.39, 0.29) is 5.56 Å². The zero-order valence-corrected chi connectivity index (χ0v) is 7.16. The number of rotatable bonds is 3. The van der Waals surface area contributed by atoms with Crippen molar-refractivity contribution in [1.82, 2.24) is 0 Å². The molecule has 0 spiro atoms. The highest BCUT2D eigenvalue weighted by Gasteiger charge is 2.08. The van der Waals surface area contributed by atoms with Crippen LogP contribution in [-0.4, -0.2) is 11.1 Å². The number of benzene rings is 1. The predicted molar refractivity (Wildman–Crippen MR) is 50.4 cm³/mol. The molecule has 0 saturated carbocycles. The summed E-state index contributed by atoms with van der Waals surface area (Å²) < 4.78 is 0. The topological polar surface area (TPSA) is 63.3 Å². The summed E-state index contributed by atoms with van der Waals surface area (Å²) in [5, 5.41) is 8.81. The van der Waals surface area contributed by atoms with Crippen LogP contribution in [0.1, 0.15) is 15.9 Å². The Morgan fingerprint density at radius 1 is 1.46 bits per heavy atom. The van der Waals surface area contributed by atoms with E-state index in [4.69, 9.17) is 10.8 Å². The average Bonchev–Trinajstić information content (AvgIpc) is 2.03. The first-order valence-corrected chi connectivity index (χ1v) is 3.85. The lowest BCUT2D eigenvalue weighted by atomic mass is 10.0. The van der Waals surface area contributed by atoms with Gasteiger partial charge in [0.25, 0.3) is 0 Å². The third-order valence-corrected chi connectivity index (χ3v) is 1.67. The summed E-state index contributed by atoms with van der Waals surface area (Å²) in [5.41, 5.74) is 6.86. The molecule has 1 aromatic carbocycles. The molecular weight excluding hydrogens is 166 g/mol. The fourth-order valence-electron chi connectivity index (χ4n) is 1.13. The molecule has 0 aliphatic carbocycles. The van der Waals surface area contributed by atoms with Crippen LogP contribution < -0.4 is 5.73 Å². The minimum atomic E-state index is -0.933. The van der Waals surface area contributed by atoms with Crippen molar-refractivity contribution in [3.05, 3.63) is 47.7 Å². The molecule has 3 N–H and O–H groups in total. The number of hydrogen-bond acceptors (Lipinski definition) is 2. The third-order valence-electron chi connectivity index (χ3n) is 1.67. The van der Waals surface area contributed by atoms with Gasteiger partial charge in [-0.1, -0.05) is 24.8 Å². The number of hydrogen-bond donors (Lipinski definition) is 2. The van der Waals surface area contributed by atoms with E-state index in [0.717, 1.165) is 0 Å². The number of carboxylic acids is 1. The number of allylic oxidation sites excluding steroid dienone is 1. The molecule has 0 radical (unpaired) electrons. The van der Waals surface area contributed by atoms with Crippen LogP contribution >= 0.6 is 0 Å². The normalized spacial score (nSPS) is 9.54. The van der Waals surface area contributed by atoms with Gasteiger partial charge in [-0.3, -0.25) is 0 Å². The van der Waals surface area contributed by atoms with Crippen molar-refractivity contribution < 1.29 is 9.90 Å². The second-order valence-electron chi connectivity index (χ2n) is 2.80. The summed E-state index contributed by atoms with van der Waals surface area (Å²) in [6.45, 7) is 3.54. The van der Waals surface area contributed by atoms with Crippen LogP contribution in [0.2, 0.25) is 0 Å². The van der Waals surface area contributed by atoms with E-state index >= 15 is 0 Å². The Kier molecular flexibility index (Phi) is 2.69. The van der Waals surface area contributed by atoms with Gasteiger partial charge < -0.3 is 10.8 Å². The molecule has 0 bridgehead atoms. The first kappa shape index (κ1) is 9.32. The van der Waals surface area contributed by atoms with E-state index in [1.165, 1.54) is 0 Å². The monoisotopic (exact) mass is 177 g/mol. The molecular formula is C10H11NO2. The number of aromatic carboxylic acids is 1. The van der Waals surface area contributed by atoms with Crippen molar-refractivity contribution >= 4 is 5.97 Å². The van der Waals surface area contributed by atoms with Crippen LogP contribution in [0, 0.1) is 0 Å². The van der Waals surface area contributed by atoms with E-state index in [1.54, 1.807) is 24.3 Å². The Morgan fingerprint density at radius 2 is 2.08 bits per heavy atom. The Labute approximate surface area is 76.5 Å². The van der Waals surface area contributed by atoms with Gasteiger partial charge in [-0.05, 0) is 11.6 Å². The maximum Gasteiger partial charge on any atom is 0.335 e. The maximum absolute atomic E-state index is 10.7. The predicted octanol–water partition coefficient (Wildman–Crippen LogP) is 1.40. The molecule has 13 heavy (non-hydrogen) atoms. The van der Waals surface area contributed by atoms with Gasteiger partial charge in [0.15, 0.2) is 0 Å². The van der Waals surface area contributed by atoms with Crippen molar-refractivity contribution in [2.75, 3.05) is 0 Å². The largest absolute Gasteiger partial charge is 0.478 e. The Hall–Kier alpha value is -1.77. The SMILES string of the molecule is C=C(N)Cc1ccccc1C(=O)O. The zero-order valence-electron chi connectivity index (χ0n) is 7.16. The van der Waals surface area contributed by atoms with Crippen LogP contribution in [0.5, 0.6) is 0 Å². The van der Waals surface area contributed by atoms with Gasteiger partial charge in [0, 0.05) is 12.1 Å². The first-order valence-electron chi connectivity index (χ1n) is 3.85. The highest BCUT2D eigenvalue weighted by Crippen LogP contribution is 2.10. The first-order chi connectivity index (χ1) is 6.11. The van der Waals surface area contributed by atoms with Crippen molar-refractivity contribution in [3.63, 3.8) is 0 Å².